The lowest BCUT2D eigenvalue weighted by Crippen LogP contribution is -3.07. The topological polar surface area (TPSA) is 86.6 Å². The summed E-state index contributed by atoms with van der Waals surface area (Å²) in [5, 5.41) is 22.3. The molecule has 6 nitrogen and oxygen atoms in total. The highest BCUT2D eigenvalue weighted by Crippen LogP contribution is 2.47. The first-order valence-corrected chi connectivity index (χ1v) is 7.66. The van der Waals surface area contributed by atoms with Crippen molar-refractivity contribution in [1.82, 2.24) is 4.90 Å². The van der Waals surface area contributed by atoms with Crippen LogP contribution in [0.1, 0.15) is 53.9 Å². The minimum absolute atomic E-state index is 0.0162. The van der Waals surface area contributed by atoms with Crippen molar-refractivity contribution in [2.24, 2.45) is 0 Å². The van der Waals surface area contributed by atoms with Crippen LogP contribution >= 0.6 is 0 Å². The van der Waals surface area contributed by atoms with Gasteiger partial charge in [-0.25, -0.2) is 4.79 Å². The molecule has 1 spiro atoms. The summed E-state index contributed by atoms with van der Waals surface area (Å²) in [6.07, 6.45) is 1.14. The Morgan fingerprint density at radius 1 is 1.19 bits per heavy atom. The van der Waals surface area contributed by atoms with Gasteiger partial charge in [-0.15, -0.1) is 0 Å². The summed E-state index contributed by atoms with van der Waals surface area (Å²) in [6, 6.07) is 0. The van der Waals surface area contributed by atoms with Crippen LogP contribution in [-0.2, 0) is 4.74 Å². The third-order valence-corrected chi connectivity index (χ3v) is 4.70. The lowest BCUT2D eigenvalue weighted by molar-refractivity contribution is -0.793. The standard InChI is InChI=1S/C15H28N2O4/c1-12(2)9-15(10-13(3,4)16-12)14(5,20)17(7-6-8-18)11(19)21-15/h16,18,20H,6-10H2,1-5H3/p+1/t14-/m1/s1. The maximum atomic E-state index is 12.2. The Balaban J connectivity index is 2.36. The largest absolute Gasteiger partial charge is 0.437 e. The molecule has 0 aromatic rings. The third kappa shape index (κ3) is 2.76. The third-order valence-electron chi connectivity index (χ3n) is 4.70. The molecule has 0 saturated carbocycles. The molecule has 0 aromatic heterocycles. The van der Waals surface area contributed by atoms with Gasteiger partial charge < -0.3 is 20.3 Å². The smallest absolute Gasteiger partial charge is 0.412 e. The number of rotatable bonds is 3. The van der Waals surface area contributed by atoms with Crippen molar-refractivity contribution < 1.29 is 25.1 Å². The maximum Gasteiger partial charge on any atom is 0.412 e. The summed E-state index contributed by atoms with van der Waals surface area (Å²) < 4.78 is 5.72. The number of hydrogen-bond acceptors (Lipinski definition) is 4. The summed E-state index contributed by atoms with van der Waals surface area (Å²) in [5.41, 5.74) is -2.51. The molecular formula is C15H29N2O4+. The average molecular weight is 301 g/mol. The number of carbonyl (C=O) groups excluding carboxylic acids is 1. The molecule has 0 aromatic carbocycles. The van der Waals surface area contributed by atoms with Crippen molar-refractivity contribution >= 4 is 6.09 Å². The molecule has 2 aliphatic heterocycles. The zero-order valence-electron chi connectivity index (χ0n) is 13.8. The van der Waals surface area contributed by atoms with Crippen LogP contribution in [-0.4, -0.2) is 56.8 Å². The number of hydrogen-bond donors (Lipinski definition) is 3. The zero-order valence-corrected chi connectivity index (χ0v) is 13.8. The Hall–Kier alpha value is -0.850. The first-order chi connectivity index (χ1) is 9.45. The molecule has 2 fully saturated rings. The summed E-state index contributed by atoms with van der Waals surface area (Å²) in [4.78, 5) is 13.6. The molecular weight excluding hydrogens is 272 g/mol. The average Bonchev–Trinajstić information content (AvgIpc) is 2.39. The Morgan fingerprint density at radius 2 is 1.71 bits per heavy atom. The highest BCUT2D eigenvalue weighted by molar-refractivity contribution is 5.72. The predicted molar refractivity (Wildman–Crippen MR) is 77.6 cm³/mol. The van der Waals surface area contributed by atoms with Crippen LogP contribution < -0.4 is 5.32 Å². The molecule has 0 aliphatic carbocycles. The van der Waals surface area contributed by atoms with Gasteiger partial charge in [0.2, 0.25) is 0 Å². The van der Waals surface area contributed by atoms with Gasteiger partial charge in [-0.3, -0.25) is 4.90 Å². The van der Waals surface area contributed by atoms with Crippen molar-refractivity contribution in [3.05, 3.63) is 0 Å². The summed E-state index contributed by atoms with van der Waals surface area (Å²) in [7, 11) is 0. The van der Waals surface area contributed by atoms with Gasteiger partial charge in [-0.05, 0) is 41.0 Å². The molecule has 122 valence electrons. The fraction of sp³-hybridized carbons (Fsp3) is 0.933. The van der Waals surface area contributed by atoms with Gasteiger partial charge in [0.25, 0.3) is 0 Å². The van der Waals surface area contributed by atoms with E-state index in [9.17, 15) is 9.90 Å². The monoisotopic (exact) mass is 301 g/mol. The minimum atomic E-state index is -1.36. The normalized spacial score (nSPS) is 33.3. The van der Waals surface area contributed by atoms with E-state index in [4.69, 9.17) is 9.84 Å². The van der Waals surface area contributed by atoms with Gasteiger partial charge in [-0.2, -0.15) is 0 Å². The Morgan fingerprint density at radius 3 is 2.19 bits per heavy atom. The summed E-state index contributed by atoms with van der Waals surface area (Å²) in [6.45, 7) is 10.4. The fourth-order valence-electron chi connectivity index (χ4n) is 4.38. The quantitative estimate of drug-likeness (QED) is 0.694. The second kappa shape index (κ2) is 4.83. The van der Waals surface area contributed by atoms with Gasteiger partial charge in [0.05, 0.1) is 11.1 Å². The molecule has 4 N–H and O–H groups in total. The lowest BCUT2D eigenvalue weighted by atomic mass is 9.68. The van der Waals surface area contributed by atoms with E-state index >= 15 is 0 Å². The van der Waals surface area contributed by atoms with Crippen LogP contribution in [0.3, 0.4) is 0 Å². The number of piperidine rings is 1. The molecule has 1 atom stereocenters. The highest BCUT2D eigenvalue weighted by atomic mass is 16.6. The SMILES string of the molecule is CC1(C)CC2(CC(C)(C)[NH2+]1)OC(=O)N(CCCO)[C@]2(C)O. The number of nitrogens with zero attached hydrogens (tertiary/aromatic N) is 1. The van der Waals surface area contributed by atoms with Crippen molar-refractivity contribution in [2.45, 2.75) is 76.3 Å². The second-order valence-corrected chi connectivity index (χ2v) is 8.09. The molecule has 0 unspecified atom stereocenters. The van der Waals surface area contributed by atoms with Gasteiger partial charge in [-0.1, -0.05) is 0 Å². The Labute approximate surface area is 126 Å². The number of ether oxygens (including phenoxy) is 1. The van der Waals surface area contributed by atoms with Crippen LogP contribution in [0.4, 0.5) is 4.79 Å². The number of carbonyl (C=O) groups is 1. The zero-order chi connectivity index (χ0) is 16.1. The first kappa shape index (κ1) is 16.5. The van der Waals surface area contributed by atoms with E-state index in [1.807, 2.05) is 0 Å². The van der Waals surface area contributed by atoms with Gasteiger partial charge in [0.1, 0.15) is 0 Å². The van der Waals surface area contributed by atoms with Crippen molar-refractivity contribution in [3.8, 4) is 0 Å². The van der Waals surface area contributed by atoms with Crippen LogP contribution in [0, 0.1) is 0 Å². The number of amides is 1. The van der Waals surface area contributed by atoms with Gasteiger partial charge in [0, 0.05) is 26.0 Å². The second-order valence-electron chi connectivity index (χ2n) is 8.09. The summed E-state index contributed by atoms with van der Waals surface area (Å²) >= 11 is 0. The number of quaternary nitrogens is 1. The van der Waals surface area contributed by atoms with Crippen LogP contribution in [0.5, 0.6) is 0 Å². The Bertz CT molecular complexity index is 415. The molecule has 0 bridgehead atoms. The molecule has 1 amide bonds. The van der Waals surface area contributed by atoms with Crippen LogP contribution in [0.2, 0.25) is 0 Å². The van der Waals surface area contributed by atoms with Crippen molar-refractivity contribution in [3.63, 3.8) is 0 Å². The van der Waals surface area contributed by atoms with Crippen molar-refractivity contribution in [2.75, 3.05) is 13.2 Å². The summed E-state index contributed by atoms with van der Waals surface area (Å²) in [5.74, 6) is 0. The van der Waals surface area contributed by atoms with Crippen LogP contribution in [0.15, 0.2) is 0 Å². The van der Waals surface area contributed by atoms with E-state index in [1.54, 1.807) is 6.92 Å². The maximum absolute atomic E-state index is 12.2. The van der Waals surface area contributed by atoms with E-state index in [-0.39, 0.29) is 17.7 Å². The van der Waals surface area contributed by atoms with E-state index in [0.717, 1.165) is 0 Å². The molecule has 2 rings (SSSR count). The lowest BCUT2D eigenvalue weighted by Gasteiger charge is -2.51. The minimum Gasteiger partial charge on any atom is -0.437 e. The van der Waals surface area contributed by atoms with Crippen LogP contribution in [0.25, 0.3) is 0 Å². The molecule has 2 saturated heterocycles. The molecule has 6 heteroatoms. The first-order valence-electron chi connectivity index (χ1n) is 7.66. The number of aliphatic hydroxyl groups excluding tert-OH is 1. The van der Waals surface area contributed by atoms with E-state index in [2.05, 4.69) is 33.0 Å². The highest BCUT2D eigenvalue weighted by Gasteiger charge is 2.68. The van der Waals surface area contributed by atoms with Crippen molar-refractivity contribution in [1.29, 1.82) is 0 Å². The molecule has 2 heterocycles. The van der Waals surface area contributed by atoms with Gasteiger partial charge >= 0.3 is 6.09 Å². The Kier molecular flexibility index (Phi) is 3.80. The predicted octanol–water partition coefficient (Wildman–Crippen LogP) is 0.183. The molecule has 21 heavy (non-hydrogen) atoms. The van der Waals surface area contributed by atoms with E-state index in [0.29, 0.717) is 25.8 Å². The fourth-order valence-corrected chi connectivity index (χ4v) is 4.38. The molecule has 0 radical (unpaired) electrons. The number of aliphatic hydroxyl groups is 2. The number of nitrogens with two attached hydrogens (primary N) is 1. The van der Waals surface area contributed by atoms with E-state index < -0.39 is 17.4 Å². The molecule has 2 aliphatic rings. The van der Waals surface area contributed by atoms with Gasteiger partial charge in [0.15, 0.2) is 11.3 Å². The van der Waals surface area contributed by atoms with E-state index in [1.165, 1.54) is 4.90 Å².